The summed E-state index contributed by atoms with van der Waals surface area (Å²) in [5.74, 6) is 0.848. The molecular formula is C15H29N3O2. The fourth-order valence-corrected chi connectivity index (χ4v) is 2.32. The van der Waals surface area contributed by atoms with E-state index in [-0.39, 0.29) is 12.0 Å². The van der Waals surface area contributed by atoms with Gasteiger partial charge < -0.3 is 20.5 Å². The lowest BCUT2D eigenvalue weighted by molar-refractivity contribution is 0.131. The number of allylic oxidation sites excluding steroid dienone is 1. The number of hydrogen-bond donors (Lipinski definition) is 3. The van der Waals surface area contributed by atoms with Crippen LogP contribution in [0.5, 0.6) is 0 Å². The van der Waals surface area contributed by atoms with Crippen molar-refractivity contribution in [2.24, 2.45) is 10.4 Å². The molecule has 1 aliphatic rings. The third-order valence-corrected chi connectivity index (χ3v) is 3.58. The van der Waals surface area contributed by atoms with Crippen LogP contribution in [0.1, 0.15) is 33.1 Å². The smallest absolute Gasteiger partial charge is 0.191 e. The number of hydrogen-bond acceptors (Lipinski definition) is 3. The Hall–Kier alpha value is -1.07. The van der Waals surface area contributed by atoms with Crippen molar-refractivity contribution in [2.75, 3.05) is 39.5 Å². The maximum atomic E-state index is 9.22. The highest BCUT2D eigenvalue weighted by Gasteiger charge is 2.34. The molecule has 1 saturated heterocycles. The molecule has 0 radical (unpaired) electrons. The van der Waals surface area contributed by atoms with Crippen molar-refractivity contribution in [1.82, 2.24) is 10.6 Å². The number of aliphatic hydroxyl groups is 1. The van der Waals surface area contributed by atoms with Gasteiger partial charge in [-0.1, -0.05) is 12.2 Å². The van der Waals surface area contributed by atoms with Crippen LogP contribution in [0.3, 0.4) is 0 Å². The Morgan fingerprint density at radius 2 is 2.30 bits per heavy atom. The minimum Gasteiger partial charge on any atom is -0.396 e. The molecule has 1 heterocycles. The summed E-state index contributed by atoms with van der Waals surface area (Å²) in [6, 6.07) is 0. The SMILES string of the molecule is C/C=C/CCNC(=NCC1(CCO)CCOC1)NCC. The maximum absolute atomic E-state index is 9.22. The molecule has 1 aliphatic heterocycles. The minimum atomic E-state index is 0.0143. The summed E-state index contributed by atoms with van der Waals surface area (Å²) in [6.45, 7) is 8.19. The standard InChI is InChI=1S/C15H29N3O2/c1-3-5-6-9-17-14(16-4-2)18-12-15(7-10-19)8-11-20-13-15/h3,5,19H,4,6-13H2,1-2H3,(H2,16,17,18)/b5-3+. The van der Waals surface area contributed by atoms with E-state index in [9.17, 15) is 5.11 Å². The summed E-state index contributed by atoms with van der Waals surface area (Å²) in [4.78, 5) is 4.66. The summed E-state index contributed by atoms with van der Waals surface area (Å²) in [5, 5.41) is 15.8. The van der Waals surface area contributed by atoms with Crippen molar-refractivity contribution in [1.29, 1.82) is 0 Å². The molecule has 5 nitrogen and oxygen atoms in total. The topological polar surface area (TPSA) is 65.9 Å². The Labute approximate surface area is 122 Å². The number of guanidine groups is 1. The number of aliphatic imine (C=N–C) groups is 1. The third kappa shape index (κ3) is 5.92. The second kappa shape index (κ2) is 9.77. The number of aliphatic hydroxyl groups excluding tert-OH is 1. The van der Waals surface area contributed by atoms with Crippen molar-refractivity contribution >= 4 is 5.96 Å². The van der Waals surface area contributed by atoms with E-state index >= 15 is 0 Å². The molecule has 0 bridgehead atoms. The van der Waals surface area contributed by atoms with Crippen LogP contribution < -0.4 is 10.6 Å². The zero-order chi connectivity index (χ0) is 14.7. The summed E-state index contributed by atoms with van der Waals surface area (Å²) < 4.78 is 5.49. The van der Waals surface area contributed by atoms with Crippen molar-refractivity contribution in [2.45, 2.75) is 33.1 Å². The summed E-state index contributed by atoms with van der Waals surface area (Å²) in [6.07, 6.45) is 6.92. The average molecular weight is 283 g/mol. The Kier molecular flexibility index (Phi) is 8.30. The molecule has 3 N–H and O–H groups in total. The van der Waals surface area contributed by atoms with Gasteiger partial charge >= 0.3 is 0 Å². The second-order valence-electron chi connectivity index (χ2n) is 5.26. The van der Waals surface area contributed by atoms with E-state index in [4.69, 9.17) is 4.74 Å². The van der Waals surface area contributed by atoms with E-state index in [0.717, 1.165) is 44.9 Å². The zero-order valence-corrected chi connectivity index (χ0v) is 12.8. The highest BCUT2D eigenvalue weighted by atomic mass is 16.5. The Bertz CT molecular complexity index is 310. The van der Waals surface area contributed by atoms with E-state index in [1.165, 1.54) is 0 Å². The maximum Gasteiger partial charge on any atom is 0.191 e. The first-order valence-corrected chi connectivity index (χ1v) is 7.58. The predicted molar refractivity (Wildman–Crippen MR) is 83.0 cm³/mol. The molecule has 0 amide bonds. The molecule has 0 spiro atoms. The van der Waals surface area contributed by atoms with Gasteiger partial charge in [-0.15, -0.1) is 0 Å². The third-order valence-electron chi connectivity index (χ3n) is 3.58. The molecule has 1 rings (SSSR count). The van der Waals surface area contributed by atoms with Gasteiger partial charge in [-0.25, -0.2) is 0 Å². The van der Waals surface area contributed by atoms with Crippen molar-refractivity contribution in [3.63, 3.8) is 0 Å². The van der Waals surface area contributed by atoms with Crippen LogP contribution >= 0.6 is 0 Å². The van der Waals surface area contributed by atoms with Gasteiger partial charge in [0.05, 0.1) is 13.2 Å². The lowest BCUT2D eigenvalue weighted by Gasteiger charge is -2.24. The van der Waals surface area contributed by atoms with Gasteiger partial charge in [0.25, 0.3) is 0 Å². The number of ether oxygens (including phenoxy) is 1. The molecule has 5 heteroatoms. The number of nitrogens with zero attached hydrogens (tertiary/aromatic N) is 1. The molecule has 0 aromatic rings. The first kappa shape index (κ1) is 17.0. The monoisotopic (exact) mass is 283 g/mol. The van der Waals surface area contributed by atoms with E-state index in [0.29, 0.717) is 13.2 Å². The molecule has 1 unspecified atom stereocenters. The fraction of sp³-hybridized carbons (Fsp3) is 0.800. The molecular weight excluding hydrogens is 254 g/mol. The molecule has 0 aromatic heterocycles. The van der Waals surface area contributed by atoms with Gasteiger partial charge in [-0.2, -0.15) is 0 Å². The van der Waals surface area contributed by atoms with Crippen LogP contribution in [-0.2, 0) is 4.74 Å². The molecule has 20 heavy (non-hydrogen) atoms. The van der Waals surface area contributed by atoms with Crippen LogP contribution in [0, 0.1) is 5.41 Å². The summed E-state index contributed by atoms with van der Waals surface area (Å²) in [7, 11) is 0. The zero-order valence-electron chi connectivity index (χ0n) is 12.8. The highest BCUT2D eigenvalue weighted by Crippen LogP contribution is 2.32. The Morgan fingerprint density at radius 1 is 1.45 bits per heavy atom. The molecule has 1 atom stereocenters. The van der Waals surface area contributed by atoms with Crippen molar-refractivity contribution in [3.05, 3.63) is 12.2 Å². The highest BCUT2D eigenvalue weighted by molar-refractivity contribution is 5.79. The van der Waals surface area contributed by atoms with E-state index in [2.05, 4.69) is 34.7 Å². The molecule has 1 fully saturated rings. The Balaban J connectivity index is 2.50. The second-order valence-corrected chi connectivity index (χ2v) is 5.26. The minimum absolute atomic E-state index is 0.0143. The van der Waals surface area contributed by atoms with E-state index in [1.54, 1.807) is 0 Å². The van der Waals surface area contributed by atoms with Gasteiger partial charge in [0, 0.05) is 31.7 Å². The van der Waals surface area contributed by atoms with Crippen LogP contribution in [0.2, 0.25) is 0 Å². The summed E-state index contributed by atoms with van der Waals surface area (Å²) >= 11 is 0. The lowest BCUT2D eigenvalue weighted by Crippen LogP contribution is -2.39. The van der Waals surface area contributed by atoms with Gasteiger partial charge in [0.2, 0.25) is 0 Å². The quantitative estimate of drug-likeness (QED) is 0.272. The number of rotatable bonds is 8. The fourth-order valence-electron chi connectivity index (χ4n) is 2.32. The van der Waals surface area contributed by atoms with E-state index < -0.39 is 0 Å². The van der Waals surface area contributed by atoms with Crippen LogP contribution in [0.15, 0.2) is 17.1 Å². The first-order valence-electron chi connectivity index (χ1n) is 7.58. The molecule has 0 aromatic carbocycles. The number of nitrogens with one attached hydrogen (secondary N) is 2. The van der Waals surface area contributed by atoms with Crippen molar-refractivity contribution < 1.29 is 9.84 Å². The van der Waals surface area contributed by atoms with E-state index in [1.807, 2.05) is 6.92 Å². The van der Waals surface area contributed by atoms with Gasteiger partial charge in [-0.3, -0.25) is 4.99 Å². The molecule has 0 saturated carbocycles. The van der Waals surface area contributed by atoms with Crippen LogP contribution in [0.4, 0.5) is 0 Å². The Morgan fingerprint density at radius 3 is 2.90 bits per heavy atom. The average Bonchev–Trinajstić information content (AvgIpc) is 2.90. The molecule has 0 aliphatic carbocycles. The lowest BCUT2D eigenvalue weighted by atomic mass is 9.84. The summed E-state index contributed by atoms with van der Waals surface area (Å²) in [5.41, 5.74) is 0.0143. The van der Waals surface area contributed by atoms with Crippen LogP contribution in [0.25, 0.3) is 0 Å². The van der Waals surface area contributed by atoms with Gasteiger partial charge in [0.15, 0.2) is 5.96 Å². The first-order chi connectivity index (χ1) is 9.76. The normalized spacial score (nSPS) is 23.4. The van der Waals surface area contributed by atoms with Crippen LogP contribution in [-0.4, -0.2) is 50.5 Å². The van der Waals surface area contributed by atoms with Gasteiger partial charge in [-0.05, 0) is 33.1 Å². The van der Waals surface area contributed by atoms with Crippen molar-refractivity contribution in [3.8, 4) is 0 Å². The largest absolute Gasteiger partial charge is 0.396 e. The molecule has 116 valence electrons. The van der Waals surface area contributed by atoms with Gasteiger partial charge in [0.1, 0.15) is 0 Å². The predicted octanol–water partition coefficient (Wildman–Crippen LogP) is 1.30.